The number of carbonyl (C=O) groups is 1. The van der Waals surface area contributed by atoms with Gasteiger partial charge in [0.25, 0.3) is 5.56 Å². The number of thioether (sulfide) groups is 1. The lowest BCUT2D eigenvalue weighted by molar-refractivity contribution is -0.121. The number of nitrogens with zero attached hydrogens (tertiary/aromatic N) is 2. The summed E-state index contributed by atoms with van der Waals surface area (Å²) >= 11 is 1.30. The van der Waals surface area contributed by atoms with Gasteiger partial charge >= 0.3 is 0 Å². The summed E-state index contributed by atoms with van der Waals surface area (Å²) in [6, 6.07) is 15.8. The quantitative estimate of drug-likeness (QED) is 0.401. The van der Waals surface area contributed by atoms with E-state index >= 15 is 0 Å². The van der Waals surface area contributed by atoms with E-state index in [0.717, 1.165) is 11.1 Å². The third-order valence-electron chi connectivity index (χ3n) is 5.41. The fourth-order valence-corrected chi connectivity index (χ4v) is 4.45. The van der Waals surface area contributed by atoms with Crippen LogP contribution in [0.4, 0.5) is 4.39 Å². The molecule has 2 atom stereocenters. The lowest BCUT2D eigenvalue weighted by atomic mass is 10.1. The van der Waals surface area contributed by atoms with Gasteiger partial charge in [-0.25, -0.2) is 9.37 Å². The summed E-state index contributed by atoms with van der Waals surface area (Å²) in [5.74, 6) is -0.398. The molecular formula is C25H28FN3O2S. The summed E-state index contributed by atoms with van der Waals surface area (Å²) in [5.41, 5.74) is 2.91. The van der Waals surface area contributed by atoms with E-state index < -0.39 is 0 Å². The zero-order valence-corrected chi connectivity index (χ0v) is 19.6. The molecule has 2 unspecified atom stereocenters. The van der Waals surface area contributed by atoms with Crippen molar-refractivity contribution in [1.82, 2.24) is 14.9 Å². The molecule has 0 bridgehead atoms. The molecule has 0 aliphatic rings. The van der Waals surface area contributed by atoms with E-state index in [4.69, 9.17) is 0 Å². The average Bonchev–Trinajstić information content (AvgIpc) is 2.79. The molecule has 1 heterocycles. The van der Waals surface area contributed by atoms with Gasteiger partial charge in [-0.05, 0) is 43.5 Å². The number of rotatable bonds is 8. The Balaban J connectivity index is 1.77. The summed E-state index contributed by atoms with van der Waals surface area (Å²) in [6.45, 7) is 5.69. The van der Waals surface area contributed by atoms with Gasteiger partial charge in [-0.1, -0.05) is 61.2 Å². The molecule has 0 saturated carbocycles. The number of hydrogen-bond acceptors (Lipinski definition) is 4. The zero-order valence-electron chi connectivity index (χ0n) is 18.8. The first kappa shape index (κ1) is 23.7. The maximum Gasteiger partial charge on any atom is 0.257 e. The van der Waals surface area contributed by atoms with Gasteiger partial charge in [0.1, 0.15) is 5.82 Å². The summed E-state index contributed by atoms with van der Waals surface area (Å²) in [7, 11) is 1.67. The minimum Gasteiger partial charge on any atom is -0.349 e. The minimum absolute atomic E-state index is 0.0869. The summed E-state index contributed by atoms with van der Waals surface area (Å²) < 4.78 is 14.7. The van der Waals surface area contributed by atoms with Crippen LogP contribution >= 0.6 is 11.8 Å². The van der Waals surface area contributed by atoms with E-state index in [1.807, 2.05) is 44.2 Å². The van der Waals surface area contributed by atoms with Gasteiger partial charge in [0.15, 0.2) is 5.16 Å². The van der Waals surface area contributed by atoms with Gasteiger partial charge in [-0.15, -0.1) is 0 Å². The lowest BCUT2D eigenvalue weighted by Crippen LogP contribution is -2.35. The van der Waals surface area contributed by atoms with Gasteiger partial charge in [-0.3, -0.25) is 14.2 Å². The van der Waals surface area contributed by atoms with E-state index in [9.17, 15) is 14.0 Å². The first-order chi connectivity index (χ1) is 15.3. The molecule has 0 fully saturated rings. The highest BCUT2D eigenvalue weighted by molar-refractivity contribution is 8.00. The lowest BCUT2D eigenvalue weighted by Gasteiger charge is -2.20. The average molecular weight is 454 g/mol. The normalized spacial score (nSPS) is 12.9. The topological polar surface area (TPSA) is 64.0 Å². The van der Waals surface area contributed by atoms with Crippen molar-refractivity contribution >= 4 is 17.7 Å². The van der Waals surface area contributed by atoms with Crippen LogP contribution < -0.4 is 10.9 Å². The molecule has 1 aromatic heterocycles. The van der Waals surface area contributed by atoms with Crippen molar-refractivity contribution < 1.29 is 9.18 Å². The van der Waals surface area contributed by atoms with Gasteiger partial charge in [0, 0.05) is 24.7 Å². The van der Waals surface area contributed by atoms with E-state index in [-0.39, 0.29) is 28.6 Å². The second-order valence-electron chi connectivity index (χ2n) is 7.78. The molecule has 3 rings (SSSR count). The third kappa shape index (κ3) is 5.65. The van der Waals surface area contributed by atoms with Crippen molar-refractivity contribution in [1.29, 1.82) is 0 Å². The Labute approximate surface area is 192 Å². The molecular weight excluding hydrogens is 425 g/mol. The predicted molar refractivity (Wildman–Crippen MR) is 126 cm³/mol. The number of carbonyl (C=O) groups excluding carboxylic acids is 1. The van der Waals surface area contributed by atoms with Crippen LogP contribution in [-0.4, -0.2) is 20.7 Å². The summed E-state index contributed by atoms with van der Waals surface area (Å²) in [6.07, 6.45) is 0.979. The highest BCUT2D eigenvalue weighted by atomic mass is 32.2. The molecule has 1 N–H and O–H groups in total. The van der Waals surface area contributed by atoms with Crippen LogP contribution in [0.2, 0.25) is 0 Å². The third-order valence-corrected chi connectivity index (χ3v) is 6.82. The second-order valence-corrected chi connectivity index (χ2v) is 8.95. The van der Waals surface area contributed by atoms with Crippen molar-refractivity contribution in [2.45, 2.75) is 50.1 Å². The van der Waals surface area contributed by atoms with Crippen LogP contribution in [0.1, 0.15) is 48.7 Å². The molecule has 0 aliphatic carbocycles. The van der Waals surface area contributed by atoms with Crippen LogP contribution in [0.5, 0.6) is 0 Å². The van der Waals surface area contributed by atoms with Crippen LogP contribution in [0, 0.1) is 12.7 Å². The maximum absolute atomic E-state index is 13.2. The largest absolute Gasteiger partial charge is 0.349 e. The molecule has 5 nitrogen and oxygen atoms in total. The first-order valence-electron chi connectivity index (χ1n) is 10.6. The molecule has 0 saturated heterocycles. The van der Waals surface area contributed by atoms with Gasteiger partial charge in [0.2, 0.25) is 5.91 Å². The van der Waals surface area contributed by atoms with E-state index in [2.05, 4.69) is 10.3 Å². The number of aromatic nitrogens is 2. The number of halogens is 1. The second kappa shape index (κ2) is 10.6. The zero-order chi connectivity index (χ0) is 23.3. The Morgan fingerprint density at radius 2 is 1.81 bits per heavy atom. The number of amides is 1. The molecule has 0 spiro atoms. The minimum atomic E-state index is -0.374. The number of hydrogen-bond donors (Lipinski definition) is 1. The molecule has 1 amide bonds. The Hall–Kier alpha value is -2.93. The van der Waals surface area contributed by atoms with Crippen LogP contribution in [0.25, 0.3) is 0 Å². The van der Waals surface area contributed by atoms with Crippen molar-refractivity contribution in [3.8, 4) is 0 Å². The Morgan fingerprint density at radius 1 is 1.16 bits per heavy atom. The van der Waals surface area contributed by atoms with Crippen molar-refractivity contribution in [3.63, 3.8) is 0 Å². The van der Waals surface area contributed by atoms with Crippen molar-refractivity contribution in [2.24, 2.45) is 7.05 Å². The molecule has 3 aromatic rings. The molecule has 7 heteroatoms. The maximum atomic E-state index is 13.2. The smallest absolute Gasteiger partial charge is 0.257 e. The van der Waals surface area contributed by atoms with Crippen LogP contribution in [0.15, 0.2) is 64.5 Å². The van der Waals surface area contributed by atoms with E-state index in [1.165, 1.54) is 28.5 Å². The highest BCUT2D eigenvalue weighted by Gasteiger charge is 2.23. The van der Waals surface area contributed by atoms with Gasteiger partial charge in [-0.2, -0.15) is 0 Å². The van der Waals surface area contributed by atoms with Crippen molar-refractivity contribution in [2.75, 3.05) is 0 Å². The van der Waals surface area contributed by atoms with E-state index in [1.54, 1.807) is 26.1 Å². The number of nitrogens with one attached hydrogen (secondary N) is 1. The molecule has 32 heavy (non-hydrogen) atoms. The van der Waals surface area contributed by atoms with Crippen LogP contribution in [-0.2, 0) is 18.3 Å². The highest BCUT2D eigenvalue weighted by Crippen LogP contribution is 2.25. The molecule has 168 valence electrons. The van der Waals surface area contributed by atoms with Crippen molar-refractivity contribution in [3.05, 3.63) is 93.2 Å². The predicted octanol–water partition coefficient (Wildman–Crippen LogP) is 4.57. The number of benzene rings is 2. The number of aryl methyl sites for hydroxylation is 1. The monoisotopic (exact) mass is 453 g/mol. The summed E-state index contributed by atoms with van der Waals surface area (Å²) in [5, 5.41) is 3.19. The van der Waals surface area contributed by atoms with Gasteiger partial charge < -0.3 is 5.32 Å². The SMILES string of the molecule is CCC(Sc1nc(C)c(Cc2ccc(F)cc2)c(=O)n1C)C(=O)NC(C)c1ccccc1. The Morgan fingerprint density at radius 3 is 2.44 bits per heavy atom. The molecule has 0 aliphatic heterocycles. The first-order valence-corrected chi connectivity index (χ1v) is 11.5. The van der Waals surface area contributed by atoms with Gasteiger partial charge in [0.05, 0.1) is 11.3 Å². The standard InChI is InChI=1S/C25H28FN3O2S/c1-5-22(23(30)27-16(2)19-9-7-6-8-10-19)32-25-28-17(3)21(24(31)29(25)4)15-18-11-13-20(26)14-12-18/h6-14,16,22H,5,15H2,1-4H3,(H,27,30). The fourth-order valence-electron chi connectivity index (χ4n) is 3.43. The molecule has 2 aromatic carbocycles. The fraction of sp³-hybridized carbons (Fsp3) is 0.320. The Kier molecular flexibility index (Phi) is 7.85. The Bertz CT molecular complexity index is 1130. The van der Waals surface area contributed by atoms with E-state index in [0.29, 0.717) is 29.3 Å². The van der Waals surface area contributed by atoms with Crippen LogP contribution in [0.3, 0.4) is 0 Å². The summed E-state index contributed by atoms with van der Waals surface area (Å²) in [4.78, 5) is 30.5. The molecule has 0 radical (unpaired) electrons.